The Hall–Kier alpha value is -1.84. The summed E-state index contributed by atoms with van der Waals surface area (Å²) >= 11 is 5.90. The predicted octanol–water partition coefficient (Wildman–Crippen LogP) is 3.10. The molecule has 1 amide bonds. The van der Waals surface area contributed by atoms with E-state index in [2.05, 4.69) is 31.3 Å². The Morgan fingerprint density at radius 1 is 1.08 bits per heavy atom. The molecule has 2 aromatic rings. The Morgan fingerprint density at radius 3 is 2.42 bits per heavy atom. The van der Waals surface area contributed by atoms with Gasteiger partial charge in [-0.15, -0.1) is 0 Å². The van der Waals surface area contributed by atoms with Gasteiger partial charge in [-0.25, -0.2) is 0 Å². The molecule has 2 rings (SSSR count). The fourth-order valence-electron chi connectivity index (χ4n) is 2.62. The summed E-state index contributed by atoms with van der Waals surface area (Å²) in [6, 6.07) is 18.5. The zero-order valence-corrected chi connectivity index (χ0v) is 15.1. The molecule has 0 fully saturated rings. The summed E-state index contributed by atoms with van der Waals surface area (Å²) in [6.07, 6.45) is 1.93. The minimum absolute atomic E-state index is 0.0800. The van der Waals surface area contributed by atoms with E-state index in [-0.39, 0.29) is 18.0 Å². The van der Waals surface area contributed by atoms with E-state index in [1.54, 1.807) is 0 Å². The Labute approximate surface area is 149 Å². The van der Waals surface area contributed by atoms with E-state index in [9.17, 15) is 4.79 Å². The number of nitrogens with one attached hydrogen (secondary N) is 1. The van der Waals surface area contributed by atoms with Crippen molar-refractivity contribution in [1.29, 1.82) is 0 Å². The van der Waals surface area contributed by atoms with E-state index in [1.807, 2.05) is 47.8 Å². The van der Waals surface area contributed by atoms with Gasteiger partial charge >= 0.3 is 0 Å². The highest BCUT2D eigenvalue weighted by Crippen LogP contribution is 2.13. The highest BCUT2D eigenvalue weighted by atomic mass is 35.5. The van der Waals surface area contributed by atoms with Crippen molar-refractivity contribution in [3.8, 4) is 0 Å². The van der Waals surface area contributed by atoms with Gasteiger partial charge in [0.25, 0.3) is 5.91 Å². The molecule has 0 spiro atoms. The topological polar surface area (TPSA) is 45.7 Å². The molecular weight excluding hydrogens is 320 g/mol. The third kappa shape index (κ3) is 6.34. The van der Waals surface area contributed by atoms with Crippen LogP contribution in [0.1, 0.15) is 37.4 Å². The highest BCUT2D eigenvalue weighted by molar-refractivity contribution is 6.30. The second-order valence-electron chi connectivity index (χ2n) is 6.27. The molecule has 0 radical (unpaired) electrons. The standard InChI is InChI=1S/C20H25ClN2O/c1-15(8-9-17-6-4-3-5-7-17)23-20(24)14-22-16(2)18-10-12-19(21)13-11-18/h3-7,10-13,15-16,22H,8-9,14H2,1-2H3,(H,23,24)/p+1/t15-,16+/m0/s1. The van der Waals surface area contributed by atoms with Gasteiger partial charge in [0.05, 0.1) is 0 Å². The average molecular weight is 346 g/mol. The maximum atomic E-state index is 12.1. The molecule has 2 aromatic carbocycles. The Kier molecular flexibility index (Phi) is 7.29. The van der Waals surface area contributed by atoms with Crippen molar-refractivity contribution >= 4 is 17.5 Å². The van der Waals surface area contributed by atoms with Gasteiger partial charge in [-0.2, -0.15) is 0 Å². The molecule has 0 saturated heterocycles. The smallest absolute Gasteiger partial charge is 0.275 e. The number of carbonyl (C=O) groups is 1. The van der Waals surface area contributed by atoms with Crippen molar-refractivity contribution in [2.24, 2.45) is 0 Å². The molecule has 0 saturated carbocycles. The minimum Gasteiger partial charge on any atom is -0.349 e. The van der Waals surface area contributed by atoms with Crippen molar-refractivity contribution in [3.05, 3.63) is 70.7 Å². The van der Waals surface area contributed by atoms with Crippen LogP contribution in [0.25, 0.3) is 0 Å². The van der Waals surface area contributed by atoms with Gasteiger partial charge in [0.2, 0.25) is 0 Å². The van der Waals surface area contributed by atoms with Crippen molar-refractivity contribution in [3.63, 3.8) is 0 Å². The van der Waals surface area contributed by atoms with Crippen LogP contribution in [-0.2, 0) is 11.2 Å². The predicted molar refractivity (Wildman–Crippen MR) is 99.0 cm³/mol. The fraction of sp³-hybridized carbons (Fsp3) is 0.350. The zero-order valence-electron chi connectivity index (χ0n) is 14.3. The first-order valence-corrected chi connectivity index (χ1v) is 8.84. The van der Waals surface area contributed by atoms with Crippen molar-refractivity contribution in [2.45, 2.75) is 38.8 Å². The van der Waals surface area contributed by atoms with Crippen LogP contribution in [0.15, 0.2) is 54.6 Å². The summed E-state index contributed by atoms with van der Waals surface area (Å²) in [6.45, 7) is 4.58. The van der Waals surface area contributed by atoms with Crippen LogP contribution >= 0.6 is 11.6 Å². The molecule has 0 aliphatic rings. The summed E-state index contributed by atoms with van der Waals surface area (Å²) in [5.41, 5.74) is 2.48. The molecule has 3 N–H and O–H groups in total. The lowest BCUT2D eigenvalue weighted by Crippen LogP contribution is -2.87. The van der Waals surface area contributed by atoms with E-state index in [0.717, 1.165) is 17.9 Å². The maximum absolute atomic E-state index is 12.1. The van der Waals surface area contributed by atoms with Crippen LogP contribution in [0.5, 0.6) is 0 Å². The molecule has 3 nitrogen and oxygen atoms in total. The number of quaternary nitrogens is 1. The number of hydrogen-bond donors (Lipinski definition) is 2. The second-order valence-corrected chi connectivity index (χ2v) is 6.71. The van der Waals surface area contributed by atoms with Crippen LogP contribution in [0, 0.1) is 0 Å². The molecule has 0 heterocycles. The van der Waals surface area contributed by atoms with Gasteiger partial charge in [0, 0.05) is 16.6 Å². The highest BCUT2D eigenvalue weighted by Gasteiger charge is 2.13. The summed E-state index contributed by atoms with van der Waals surface area (Å²) in [5, 5.41) is 5.85. The van der Waals surface area contributed by atoms with Crippen molar-refractivity contribution in [1.82, 2.24) is 5.32 Å². The van der Waals surface area contributed by atoms with E-state index in [4.69, 9.17) is 11.6 Å². The quantitative estimate of drug-likeness (QED) is 0.758. The van der Waals surface area contributed by atoms with Crippen LogP contribution in [0.3, 0.4) is 0 Å². The van der Waals surface area contributed by atoms with Crippen LogP contribution in [-0.4, -0.2) is 18.5 Å². The molecule has 0 unspecified atom stereocenters. The number of aryl methyl sites for hydroxylation is 1. The molecule has 0 aliphatic carbocycles. The summed E-state index contributed by atoms with van der Waals surface area (Å²) < 4.78 is 0. The summed E-state index contributed by atoms with van der Waals surface area (Å²) in [4.78, 5) is 12.1. The molecular formula is C20H26ClN2O+. The molecule has 4 heteroatoms. The first-order valence-electron chi connectivity index (χ1n) is 8.46. The number of nitrogens with two attached hydrogens (primary N) is 1. The van der Waals surface area contributed by atoms with Gasteiger partial charge in [0.1, 0.15) is 6.04 Å². The number of amides is 1. The molecule has 0 bridgehead atoms. The Balaban J connectivity index is 1.69. The first kappa shape index (κ1) is 18.5. The number of hydrogen-bond acceptors (Lipinski definition) is 1. The van der Waals surface area contributed by atoms with Crippen molar-refractivity contribution in [2.75, 3.05) is 6.54 Å². The van der Waals surface area contributed by atoms with E-state index < -0.39 is 0 Å². The summed E-state index contributed by atoms with van der Waals surface area (Å²) in [7, 11) is 0. The number of carbonyl (C=O) groups excluding carboxylic acids is 1. The second kappa shape index (κ2) is 9.45. The lowest BCUT2D eigenvalue weighted by molar-refractivity contribution is -0.682. The van der Waals surface area contributed by atoms with Crippen LogP contribution < -0.4 is 10.6 Å². The normalized spacial score (nSPS) is 13.3. The van der Waals surface area contributed by atoms with Gasteiger partial charge in [-0.3, -0.25) is 4.79 Å². The molecule has 2 atom stereocenters. The van der Waals surface area contributed by atoms with Gasteiger partial charge < -0.3 is 10.6 Å². The fourth-order valence-corrected chi connectivity index (χ4v) is 2.75. The summed E-state index contributed by atoms with van der Waals surface area (Å²) in [5.74, 6) is 0.0800. The Bertz CT molecular complexity index is 628. The largest absolute Gasteiger partial charge is 0.349 e. The maximum Gasteiger partial charge on any atom is 0.275 e. The Morgan fingerprint density at radius 2 is 1.75 bits per heavy atom. The van der Waals surface area contributed by atoms with Crippen LogP contribution in [0.2, 0.25) is 5.02 Å². The monoisotopic (exact) mass is 345 g/mol. The molecule has 128 valence electrons. The van der Waals surface area contributed by atoms with Crippen molar-refractivity contribution < 1.29 is 10.1 Å². The third-order valence-corrected chi connectivity index (χ3v) is 4.42. The number of benzene rings is 2. The third-order valence-electron chi connectivity index (χ3n) is 4.17. The number of halogens is 1. The number of rotatable bonds is 8. The van der Waals surface area contributed by atoms with E-state index in [0.29, 0.717) is 6.54 Å². The average Bonchev–Trinajstić information content (AvgIpc) is 2.59. The first-order chi connectivity index (χ1) is 11.5. The SMILES string of the molecule is C[C@@H](CCc1ccccc1)NC(=O)C[NH2+][C@H](C)c1ccc(Cl)cc1. The lowest BCUT2D eigenvalue weighted by atomic mass is 10.1. The molecule has 24 heavy (non-hydrogen) atoms. The molecule has 0 aromatic heterocycles. The van der Waals surface area contributed by atoms with E-state index >= 15 is 0 Å². The van der Waals surface area contributed by atoms with Gasteiger partial charge in [0.15, 0.2) is 6.54 Å². The zero-order chi connectivity index (χ0) is 17.4. The molecule has 0 aliphatic heterocycles. The van der Waals surface area contributed by atoms with Gasteiger partial charge in [-0.05, 0) is 44.4 Å². The minimum atomic E-state index is 0.0800. The van der Waals surface area contributed by atoms with Crippen LogP contribution in [0.4, 0.5) is 0 Å². The van der Waals surface area contributed by atoms with E-state index in [1.165, 1.54) is 11.1 Å². The van der Waals surface area contributed by atoms with Gasteiger partial charge in [-0.1, -0.05) is 54.1 Å². The lowest BCUT2D eigenvalue weighted by Gasteiger charge is -2.15.